The number of nitrogens with zero attached hydrogens (tertiary/aromatic N) is 1. The SMILES string of the molecule is CCOc1cc(Cl)ccc1C(=O)N(C)OC. The van der Waals surface area contributed by atoms with Crippen LogP contribution in [-0.4, -0.2) is 31.7 Å². The van der Waals surface area contributed by atoms with Crippen LogP contribution >= 0.6 is 11.6 Å². The molecule has 0 spiro atoms. The van der Waals surface area contributed by atoms with Gasteiger partial charge in [0.2, 0.25) is 0 Å². The van der Waals surface area contributed by atoms with Crippen LogP contribution in [0.3, 0.4) is 0 Å². The zero-order valence-electron chi connectivity index (χ0n) is 9.49. The number of carbonyl (C=O) groups excluding carboxylic acids is 1. The molecule has 0 aliphatic rings. The number of halogens is 1. The van der Waals surface area contributed by atoms with Crippen LogP contribution in [0.5, 0.6) is 5.75 Å². The number of benzene rings is 1. The largest absolute Gasteiger partial charge is 0.493 e. The Labute approximate surface area is 99.7 Å². The molecular weight excluding hydrogens is 230 g/mol. The van der Waals surface area contributed by atoms with E-state index in [1.807, 2.05) is 6.92 Å². The Kier molecular flexibility index (Phi) is 4.58. The smallest absolute Gasteiger partial charge is 0.280 e. The maximum Gasteiger partial charge on any atom is 0.280 e. The monoisotopic (exact) mass is 243 g/mol. The van der Waals surface area contributed by atoms with Crippen LogP contribution in [0.4, 0.5) is 0 Å². The summed E-state index contributed by atoms with van der Waals surface area (Å²) in [4.78, 5) is 16.7. The molecule has 0 fully saturated rings. The van der Waals surface area contributed by atoms with Crippen molar-refractivity contribution in [1.29, 1.82) is 0 Å². The number of hydroxylamine groups is 2. The molecule has 0 heterocycles. The number of rotatable bonds is 4. The third-order valence-corrected chi connectivity index (χ3v) is 2.27. The van der Waals surface area contributed by atoms with Gasteiger partial charge in [-0.25, -0.2) is 5.06 Å². The molecule has 0 aliphatic carbocycles. The van der Waals surface area contributed by atoms with E-state index in [2.05, 4.69) is 0 Å². The number of amides is 1. The lowest BCUT2D eigenvalue weighted by Crippen LogP contribution is -2.25. The summed E-state index contributed by atoms with van der Waals surface area (Å²) in [6.07, 6.45) is 0. The normalized spacial score (nSPS) is 10.0. The summed E-state index contributed by atoms with van der Waals surface area (Å²) < 4.78 is 5.35. The molecule has 0 saturated heterocycles. The van der Waals surface area contributed by atoms with E-state index >= 15 is 0 Å². The highest BCUT2D eigenvalue weighted by Crippen LogP contribution is 2.24. The van der Waals surface area contributed by atoms with Gasteiger partial charge in [0.15, 0.2) is 0 Å². The molecule has 0 N–H and O–H groups in total. The zero-order chi connectivity index (χ0) is 12.1. The van der Waals surface area contributed by atoms with Gasteiger partial charge >= 0.3 is 0 Å². The van der Waals surface area contributed by atoms with Gasteiger partial charge in [-0.2, -0.15) is 0 Å². The van der Waals surface area contributed by atoms with Crippen molar-refractivity contribution < 1.29 is 14.4 Å². The van der Waals surface area contributed by atoms with Crippen LogP contribution in [0.1, 0.15) is 17.3 Å². The summed E-state index contributed by atoms with van der Waals surface area (Å²) in [5.74, 6) is 0.187. The van der Waals surface area contributed by atoms with Crippen molar-refractivity contribution in [2.75, 3.05) is 20.8 Å². The fraction of sp³-hybridized carbons (Fsp3) is 0.364. The molecule has 5 heteroatoms. The second-order valence-corrected chi connectivity index (χ2v) is 3.50. The molecule has 0 aliphatic heterocycles. The molecule has 0 bridgehead atoms. The third-order valence-electron chi connectivity index (χ3n) is 2.03. The first kappa shape index (κ1) is 12.8. The fourth-order valence-electron chi connectivity index (χ4n) is 1.20. The maximum atomic E-state index is 11.9. The Morgan fingerprint density at radius 1 is 1.50 bits per heavy atom. The Bertz CT molecular complexity index is 381. The van der Waals surface area contributed by atoms with E-state index in [0.29, 0.717) is 22.9 Å². The second kappa shape index (κ2) is 5.72. The van der Waals surface area contributed by atoms with Crippen molar-refractivity contribution in [1.82, 2.24) is 5.06 Å². The Morgan fingerprint density at radius 2 is 2.19 bits per heavy atom. The van der Waals surface area contributed by atoms with E-state index in [1.54, 1.807) is 18.2 Å². The van der Waals surface area contributed by atoms with Gasteiger partial charge in [0.1, 0.15) is 5.75 Å². The van der Waals surface area contributed by atoms with Gasteiger partial charge < -0.3 is 4.74 Å². The van der Waals surface area contributed by atoms with Gasteiger partial charge in [-0.05, 0) is 25.1 Å². The van der Waals surface area contributed by atoms with E-state index < -0.39 is 0 Å². The van der Waals surface area contributed by atoms with Crippen LogP contribution in [0.15, 0.2) is 18.2 Å². The highest BCUT2D eigenvalue weighted by atomic mass is 35.5. The van der Waals surface area contributed by atoms with E-state index in [0.717, 1.165) is 5.06 Å². The van der Waals surface area contributed by atoms with E-state index in [-0.39, 0.29) is 5.91 Å². The van der Waals surface area contributed by atoms with Crippen LogP contribution in [0.25, 0.3) is 0 Å². The van der Waals surface area contributed by atoms with Crippen LogP contribution in [0.2, 0.25) is 5.02 Å². The molecule has 4 nitrogen and oxygen atoms in total. The molecule has 1 amide bonds. The summed E-state index contributed by atoms with van der Waals surface area (Å²) in [6.45, 7) is 2.31. The molecule has 0 radical (unpaired) electrons. The van der Waals surface area contributed by atoms with E-state index in [1.165, 1.54) is 14.2 Å². The quantitative estimate of drug-likeness (QED) is 0.762. The van der Waals surface area contributed by atoms with E-state index in [4.69, 9.17) is 21.2 Å². The van der Waals surface area contributed by atoms with Gasteiger partial charge in [-0.3, -0.25) is 9.63 Å². The molecular formula is C11H14ClNO3. The predicted octanol–water partition coefficient (Wildman–Crippen LogP) is 2.37. The summed E-state index contributed by atoms with van der Waals surface area (Å²) in [5, 5.41) is 1.66. The molecule has 1 aromatic rings. The average Bonchev–Trinajstić information content (AvgIpc) is 2.28. The van der Waals surface area contributed by atoms with Crippen LogP contribution in [-0.2, 0) is 4.84 Å². The summed E-state index contributed by atoms with van der Waals surface area (Å²) in [7, 11) is 2.96. The first-order chi connectivity index (χ1) is 7.60. The van der Waals surface area contributed by atoms with Crippen molar-refractivity contribution in [2.24, 2.45) is 0 Å². The Hall–Kier alpha value is -1.26. The first-order valence-electron chi connectivity index (χ1n) is 4.84. The topological polar surface area (TPSA) is 38.8 Å². The molecule has 16 heavy (non-hydrogen) atoms. The lowest BCUT2D eigenvalue weighted by atomic mass is 10.2. The Balaban J connectivity index is 3.06. The van der Waals surface area contributed by atoms with Crippen molar-refractivity contribution in [3.63, 3.8) is 0 Å². The Morgan fingerprint density at radius 3 is 2.75 bits per heavy atom. The van der Waals surface area contributed by atoms with Crippen molar-refractivity contribution in [2.45, 2.75) is 6.92 Å². The molecule has 1 rings (SSSR count). The highest BCUT2D eigenvalue weighted by molar-refractivity contribution is 6.30. The minimum absolute atomic E-state index is 0.275. The van der Waals surface area contributed by atoms with Crippen molar-refractivity contribution in [3.8, 4) is 5.75 Å². The van der Waals surface area contributed by atoms with Crippen LogP contribution < -0.4 is 4.74 Å². The first-order valence-corrected chi connectivity index (χ1v) is 5.22. The minimum atomic E-state index is -0.275. The van der Waals surface area contributed by atoms with Gasteiger partial charge in [0, 0.05) is 12.1 Å². The molecule has 0 aromatic heterocycles. The molecule has 0 unspecified atom stereocenters. The van der Waals surface area contributed by atoms with Gasteiger partial charge in [0.25, 0.3) is 5.91 Å². The number of hydrogen-bond acceptors (Lipinski definition) is 3. The molecule has 1 aromatic carbocycles. The van der Waals surface area contributed by atoms with Crippen molar-refractivity contribution >= 4 is 17.5 Å². The van der Waals surface area contributed by atoms with Crippen LogP contribution in [0, 0.1) is 0 Å². The van der Waals surface area contributed by atoms with Gasteiger partial charge in [-0.1, -0.05) is 11.6 Å². The highest BCUT2D eigenvalue weighted by Gasteiger charge is 2.16. The second-order valence-electron chi connectivity index (χ2n) is 3.06. The number of carbonyl (C=O) groups is 1. The minimum Gasteiger partial charge on any atom is -0.493 e. The standard InChI is InChI=1S/C11H14ClNO3/c1-4-16-10-7-8(12)5-6-9(10)11(14)13(2)15-3/h5-7H,4H2,1-3H3. The number of hydrogen-bond donors (Lipinski definition) is 0. The third kappa shape index (κ3) is 2.87. The number of ether oxygens (including phenoxy) is 1. The lowest BCUT2D eigenvalue weighted by Gasteiger charge is -2.16. The summed E-state index contributed by atoms with van der Waals surface area (Å²) in [6, 6.07) is 4.87. The molecule has 88 valence electrons. The molecule has 0 atom stereocenters. The average molecular weight is 244 g/mol. The summed E-state index contributed by atoms with van der Waals surface area (Å²) in [5.41, 5.74) is 0.426. The van der Waals surface area contributed by atoms with Gasteiger partial charge in [-0.15, -0.1) is 0 Å². The van der Waals surface area contributed by atoms with Gasteiger partial charge in [0.05, 0.1) is 19.3 Å². The summed E-state index contributed by atoms with van der Waals surface area (Å²) >= 11 is 5.83. The van der Waals surface area contributed by atoms with Crippen molar-refractivity contribution in [3.05, 3.63) is 28.8 Å². The fourth-order valence-corrected chi connectivity index (χ4v) is 1.36. The lowest BCUT2D eigenvalue weighted by molar-refractivity contribution is -0.0758. The maximum absolute atomic E-state index is 11.9. The zero-order valence-corrected chi connectivity index (χ0v) is 10.2. The van der Waals surface area contributed by atoms with E-state index in [9.17, 15) is 4.79 Å². The predicted molar refractivity (Wildman–Crippen MR) is 61.7 cm³/mol. The molecule has 0 saturated carbocycles.